The van der Waals surface area contributed by atoms with Gasteiger partial charge in [-0.05, 0) is 50.5 Å². The molecule has 1 saturated carbocycles. The Morgan fingerprint density at radius 2 is 2.07 bits per heavy atom. The molecule has 1 N–H and O–H groups in total. The Balaban J connectivity index is 1.53. The molecule has 144 valence electrons. The van der Waals surface area contributed by atoms with Crippen molar-refractivity contribution in [1.29, 1.82) is 0 Å². The number of rotatable bonds is 3. The summed E-state index contributed by atoms with van der Waals surface area (Å²) >= 11 is 1.45. The van der Waals surface area contributed by atoms with Crippen LogP contribution in [0.15, 0.2) is 24.3 Å². The smallest absolute Gasteiger partial charge is 0.265 e. The number of aryl methyl sites for hydroxylation is 1. The van der Waals surface area contributed by atoms with Crippen LogP contribution in [-0.4, -0.2) is 46.7 Å². The highest BCUT2D eigenvalue weighted by molar-refractivity contribution is 7.17. The number of carbonyl (C=O) groups is 1. The van der Waals surface area contributed by atoms with Crippen molar-refractivity contribution in [2.45, 2.75) is 44.6 Å². The molecule has 1 saturated heterocycles. The molecular weight excluding hydrogens is 360 g/mol. The number of hydrogen-bond acceptors (Lipinski definition) is 5. The van der Waals surface area contributed by atoms with Crippen LogP contribution in [0.3, 0.4) is 0 Å². The van der Waals surface area contributed by atoms with E-state index in [0.717, 1.165) is 47.7 Å². The molecule has 4 rings (SSSR count). The number of ether oxygens (including phenoxy) is 1. The van der Waals surface area contributed by atoms with Gasteiger partial charge in [-0.25, -0.2) is 4.98 Å². The summed E-state index contributed by atoms with van der Waals surface area (Å²) in [6.07, 6.45) is 4.82. The zero-order valence-electron chi connectivity index (χ0n) is 15.9. The lowest BCUT2D eigenvalue weighted by Crippen LogP contribution is -2.54. The molecule has 1 aromatic heterocycles. The van der Waals surface area contributed by atoms with Gasteiger partial charge in [-0.2, -0.15) is 0 Å². The van der Waals surface area contributed by atoms with E-state index < -0.39 is 5.60 Å². The number of methoxy groups -OCH3 is 1. The van der Waals surface area contributed by atoms with Gasteiger partial charge in [0.05, 0.1) is 18.4 Å². The number of fused-ring (bicyclic) bond motifs is 1. The molecule has 1 amide bonds. The van der Waals surface area contributed by atoms with E-state index in [2.05, 4.69) is 4.98 Å². The SMILES string of the molecule is COc1ccc(-c2nc(C)c(C(=O)N3CC[C@]4(O)CCCC[C@H]4C3)s2)cc1. The fourth-order valence-corrected chi connectivity index (χ4v) is 5.39. The molecule has 0 unspecified atom stereocenters. The van der Waals surface area contributed by atoms with Crippen LogP contribution >= 0.6 is 11.3 Å². The normalized spacial score (nSPS) is 25.1. The van der Waals surface area contributed by atoms with Gasteiger partial charge < -0.3 is 14.7 Å². The molecule has 6 heteroatoms. The van der Waals surface area contributed by atoms with Crippen LogP contribution in [0.2, 0.25) is 0 Å². The largest absolute Gasteiger partial charge is 0.497 e. The number of piperidine rings is 1. The van der Waals surface area contributed by atoms with Crippen molar-refractivity contribution in [2.24, 2.45) is 5.92 Å². The van der Waals surface area contributed by atoms with Gasteiger partial charge in [0, 0.05) is 24.6 Å². The Morgan fingerprint density at radius 1 is 1.30 bits per heavy atom. The molecule has 5 nitrogen and oxygen atoms in total. The molecule has 2 fully saturated rings. The van der Waals surface area contributed by atoms with E-state index in [1.165, 1.54) is 11.3 Å². The maximum atomic E-state index is 13.1. The summed E-state index contributed by atoms with van der Waals surface area (Å²) in [4.78, 5) is 20.4. The standard InChI is InChI=1S/C21H26N2O3S/c1-14-18(27-19(22-14)15-6-8-17(26-2)9-7-15)20(24)23-12-11-21(25)10-4-3-5-16(21)13-23/h6-9,16,25H,3-5,10-13H2,1-2H3/t16-,21+/m0/s1. The molecule has 2 atom stereocenters. The van der Waals surface area contributed by atoms with Gasteiger partial charge in [0.1, 0.15) is 15.6 Å². The zero-order chi connectivity index (χ0) is 19.0. The Morgan fingerprint density at radius 3 is 2.81 bits per heavy atom. The summed E-state index contributed by atoms with van der Waals surface area (Å²) < 4.78 is 5.20. The van der Waals surface area contributed by atoms with E-state index in [1.807, 2.05) is 36.1 Å². The molecular formula is C21H26N2O3S. The van der Waals surface area contributed by atoms with Crippen LogP contribution in [0.4, 0.5) is 0 Å². The highest BCUT2D eigenvalue weighted by atomic mass is 32.1. The van der Waals surface area contributed by atoms with Crippen LogP contribution < -0.4 is 4.74 Å². The first-order valence-electron chi connectivity index (χ1n) is 9.64. The molecule has 0 spiro atoms. The van der Waals surface area contributed by atoms with E-state index in [9.17, 15) is 9.90 Å². The monoisotopic (exact) mass is 386 g/mol. The second kappa shape index (κ2) is 7.24. The second-order valence-corrected chi connectivity index (χ2v) is 8.71. The maximum Gasteiger partial charge on any atom is 0.265 e. The number of nitrogens with zero attached hydrogens (tertiary/aromatic N) is 2. The highest BCUT2D eigenvalue weighted by Gasteiger charge is 2.44. The third-order valence-corrected chi connectivity index (χ3v) is 7.24. The van der Waals surface area contributed by atoms with Crippen LogP contribution in [-0.2, 0) is 0 Å². The summed E-state index contributed by atoms with van der Waals surface area (Å²) in [6.45, 7) is 3.18. The van der Waals surface area contributed by atoms with E-state index in [-0.39, 0.29) is 11.8 Å². The van der Waals surface area contributed by atoms with E-state index in [1.54, 1.807) is 7.11 Å². The quantitative estimate of drug-likeness (QED) is 0.869. The first kappa shape index (κ1) is 18.4. The predicted molar refractivity (Wildman–Crippen MR) is 106 cm³/mol. The minimum Gasteiger partial charge on any atom is -0.497 e. The lowest BCUT2D eigenvalue weighted by atomic mass is 9.71. The van der Waals surface area contributed by atoms with Gasteiger partial charge in [-0.3, -0.25) is 4.79 Å². The molecule has 2 aromatic rings. The topological polar surface area (TPSA) is 62.7 Å². The van der Waals surface area contributed by atoms with E-state index in [0.29, 0.717) is 24.4 Å². The molecule has 2 aliphatic rings. The second-order valence-electron chi connectivity index (χ2n) is 7.71. The number of likely N-dealkylation sites (tertiary alicyclic amines) is 1. The number of amides is 1. The lowest BCUT2D eigenvalue weighted by molar-refractivity contribution is -0.0885. The highest BCUT2D eigenvalue weighted by Crippen LogP contribution is 2.40. The summed E-state index contributed by atoms with van der Waals surface area (Å²) in [5.74, 6) is 1.06. The summed E-state index contributed by atoms with van der Waals surface area (Å²) in [5, 5.41) is 11.7. The third-order valence-electron chi connectivity index (χ3n) is 6.04. The predicted octanol–water partition coefficient (Wildman–Crippen LogP) is 3.89. The minimum absolute atomic E-state index is 0.0531. The summed E-state index contributed by atoms with van der Waals surface area (Å²) in [6, 6.07) is 7.74. The van der Waals surface area contributed by atoms with Crippen molar-refractivity contribution in [3.05, 3.63) is 34.8 Å². The Kier molecular flexibility index (Phi) is 4.95. The average molecular weight is 387 g/mol. The van der Waals surface area contributed by atoms with Gasteiger partial charge in [0.15, 0.2) is 0 Å². The molecule has 1 aromatic carbocycles. The summed E-state index contributed by atoms with van der Waals surface area (Å²) in [7, 11) is 1.64. The molecule has 1 aliphatic heterocycles. The fraction of sp³-hybridized carbons (Fsp3) is 0.524. The van der Waals surface area contributed by atoms with Gasteiger partial charge in [-0.1, -0.05) is 12.8 Å². The Labute approximate surface area is 164 Å². The van der Waals surface area contributed by atoms with E-state index >= 15 is 0 Å². The van der Waals surface area contributed by atoms with Crippen LogP contribution in [0.5, 0.6) is 5.75 Å². The van der Waals surface area contributed by atoms with Crippen molar-refractivity contribution in [3.63, 3.8) is 0 Å². The zero-order valence-corrected chi connectivity index (χ0v) is 16.7. The number of carbonyl (C=O) groups excluding carboxylic acids is 1. The number of hydrogen-bond donors (Lipinski definition) is 1. The molecule has 1 aliphatic carbocycles. The molecule has 0 bridgehead atoms. The van der Waals surface area contributed by atoms with E-state index in [4.69, 9.17) is 4.74 Å². The lowest BCUT2D eigenvalue weighted by Gasteiger charge is -2.47. The number of thiazole rings is 1. The van der Waals surface area contributed by atoms with Crippen molar-refractivity contribution < 1.29 is 14.6 Å². The van der Waals surface area contributed by atoms with Crippen LogP contribution in [0.25, 0.3) is 10.6 Å². The first-order valence-corrected chi connectivity index (χ1v) is 10.5. The third kappa shape index (κ3) is 3.48. The molecule has 2 heterocycles. The summed E-state index contributed by atoms with van der Waals surface area (Å²) in [5.41, 5.74) is 1.20. The number of benzene rings is 1. The first-order chi connectivity index (χ1) is 13.0. The van der Waals surface area contributed by atoms with Gasteiger partial charge in [0.2, 0.25) is 0 Å². The molecule has 27 heavy (non-hydrogen) atoms. The van der Waals surface area contributed by atoms with Crippen LogP contribution in [0, 0.1) is 12.8 Å². The van der Waals surface area contributed by atoms with Gasteiger partial charge in [0.25, 0.3) is 5.91 Å². The van der Waals surface area contributed by atoms with Crippen molar-refractivity contribution in [2.75, 3.05) is 20.2 Å². The minimum atomic E-state index is -0.563. The molecule has 0 radical (unpaired) electrons. The van der Waals surface area contributed by atoms with Crippen molar-refractivity contribution >= 4 is 17.2 Å². The van der Waals surface area contributed by atoms with Gasteiger partial charge >= 0.3 is 0 Å². The number of aliphatic hydroxyl groups is 1. The van der Waals surface area contributed by atoms with Crippen molar-refractivity contribution in [3.8, 4) is 16.3 Å². The van der Waals surface area contributed by atoms with Crippen molar-refractivity contribution in [1.82, 2.24) is 9.88 Å². The Bertz CT molecular complexity index is 832. The van der Waals surface area contributed by atoms with Crippen LogP contribution in [0.1, 0.15) is 47.5 Å². The van der Waals surface area contributed by atoms with Gasteiger partial charge in [-0.15, -0.1) is 11.3 Å². The number of aromatic nitrogens is 1. The maximum absolute atomic E-state index is 13.1. The Hall–Kier alpha value is -1.92. The average Bonchev–Trinajstić information content (AvgIpc) is 3.08. The fourth-order valence-electron chi connectivity index (χ4n) is 4.35.